The van der Waals surface area contributed by atoms with Crippen LogP contribution < -0.4 is 0 Å². The number of carbonyl (C=O) groups excluding carboxylic acids is 2. The molecule has 4 heterocycles. The lowest BCUT2D eigenvalue weighted by Crippen LogP contribution is -2.53. The van der Waals surface area contributed by atoms with Crippen LogP contribution in [0.5, 0.6) is 0 Å². The second kappa shape index (κ2) is 6.66. The lowest BCUT2D eigenvalue weighted by molar-refractivity contribution is -0.141. The number of likely N-dealkylation sites (tertiary alicyclic amines) is 3. The molecule has 6 nitrogen and oxygen atoms in total. The second-order valence-corrected chi connectivity index (χ2v) is 9.28. The van der Waals surface area contributed by atoms with Gasteiger partial charge in [0.1, 0.15) is 5.69 Å². The minimum absolute atomic E-state index is 0.0102. The van der Waals surface area contributed by atoms with Crippen molar-refractivity contribution >= 4 is 11.8 Å². The van der Waals surface area contributed by atoms with Gasteiger partial charge in [-0.15, -0.1) is 0 Å². The van der Waals surface area contributed by atoms with E-state index in [4.69, 9.17) is 0 Å². The van der Waals surface area contributed by atoms with Crippen LogP contribution in [0.1, 0.15) is 43.6 Å². The summed E-state index contributed by atoms with van der Waals surface area (Å²) in [6.07, 6.45) is 4.60. The normalized spacial score (nSPS) is 28.2. The van der Waals surface area contributed by atoms with Gasteiger partial charge in [-0.2, -0.15) is 0 Å². The number of nitrogens with zero attached hydrogens (tertiary/aromatic N) is 3. The van der Waals surface area contributed by atoms with Gasteiger partial charge in [0.15, 0.2) is 0 Å². The Kier molecular flexibility index (Phi) is 4.57. The fourth-order valence-electron chi connectivity index (χ4n) is 5.81. The third-order valence-corrected chi connectivity index (χ3v) is 7.12. The van der Waals surface area contributed by atoms with Crippen LogP contribution in [-0.2, 0) is 4.79 Å². The fraction of sp³-hybridized carbons (Fsp3) is 0.714. The first-order chi connectivity index (χ1) is 12.9. The van der Waals surface area contributed by atoms with E-state index < -0.39 is 0 Å². The van der Waals surface area contributed by atoms with E-state index in [1.54, 1.807) is 6.20 Å². The lowest BCUT2D eigenvalue weighted by Gasteiger charge is -2.47. The van der Waals surface area contributed by atoms with E-state index in [0.29, 0.717) is 17.5 Å². The maximum Gasteiger partial charge on any atom is 0.270 e. The largest absolute Gasteiger partial charge is 0.357 e. The number of aromatic amines is 1. The predicted molar refractivity (Wildman–Crippen MR) is 104 cm³/mol. The van der Waals surface area contributed by atoms with Crippen LogP contribution in [-0.4, -0.2) is 77.8 Å². The molecule has 2 amide bonds. The molecule has 3 aliphatic heterocycles. The van der Waals surface area contributed by atoms with Gasteiger partial charge in [0.25, 0.3) is 5.91 Å². The van der Waals surface area contributed by atoms with E-state index in [-0.39, 0.29) is 16.7 Å². The molecule has 3 saturated heterocycles. The molecule has 2 spiro atoms. The molecule has 1 N–H and O–H groups in total. The quantitative estimate of drug-likeness (QED) is 0.884. The number of rotatable bonds is 3. The highest BCUT2D eigenvalue weighted by molar-refractivity contribution is 5.92. The lowest BCUT2D eigenvalue weighted by atomic mass is 9.60. The summed E-state index contributed by atoms with van der Waals surface area (Å²) in [5.74, 6) is 1.01. The molecule has 0 bridgehead atoms. The van der Waals surface area contributed by atoms with Crippen molar-refractivity contribution < 1.29 is 9.59 Å². The molecule has 27 heavy (non-hydrogen) atoms. The molecule has 1 aromatic rings. The Morgan fingerprint density at radius 1 is 1.19 bits per heavy atom. The standard InChI is InChI=1S/C21H32N4O2/c1-16(2)13-24-14-20(21(15-24)8-10-23(3)19(21)27)6-11-25(12-7-20)18(26)17-5-4-9-22-17/h4-5,9,16,22H,6-8,10-15H2,1-3H3. The van der Waals surface area contributed by atoms with Crippen molar-refractivity contribution in [1.29, 1.82) is 0 Å². The van der Waals surface area contributed by atoms with Crippen LogP contribution >= 0.6 is 0 Å². The molecular formula is C21H32N4O2. The zero-order valence-corrected chi connectivity index (χ0v) is 16.8. The number of amides is 2. The third kappa shape index (κ3) is 2.89. The van der Waals surface area contributed by atoms with Crippen LogP contribution in [0.15, 0.2) is 18.3 Å². The van der Waals surface area contributed by atoms with Gasteiger partial charge < -0.3 is 19.7 Å². The Bertz CT molecular complexity index is 706. The van der Waals surface area contributed by atoms with Crippen molar-refractivity contribution in [2.45, 2.75) is 33.1 Å². The number of nitrogens with one attached hydrogen (secondary N) is 1. The van der Waals surface area contributed by atoms with Crippen LogP contribution in [0.2, 0.25) is 0 Å². The monoisotopic (exact) mass is 372 g/mol. The Morgan fingerprint density at radius 3 is 2.48 bits per heavy atom. The van der Waals surface area contributed by atoms with Crippen molar-refractivity contribution in [3.63, 3.8) is 0 Å². The topological polar surface area (TPSA) is 59.7 Å². The molecule has 148 valence electrons. The fourth-order valence-corrected chi connectivity index (χ4v) is 5.81. The second-order valence-electron chi connectivity index (χ2n) is 9.28. The Balaban J connectivity index is 1.55. The average molecular weight is 373 g/mol. The molecule has 0 saturated carbocycles. The van der Waals surface area contributed by atoms with E-state index in [1.165, 1.54) is 0 Å². The molecule has 3 aliphatic rings. The highest BCUT2D eigenvalue weighted by Crippen LogP contribution is 2.57. The average Bonchev–Trinajstić information content (AvgIpc) is 3.32. The maximum atomic E-state index is 13.2. The Morgan fingerprint density at radius 2 is 1.93 bits per heavy atom. The summed E-state index contributed by atoms with van der Waals surface area (Å²) in [4.78, 5) is 35.4. The van der Waals surface area contributed by atoms with Crippen LogP contribution in [0.3, 0.4) is 0 Å². The molecule has 0 aromatic carbocycles. The van der Waals surface area contributed by atoms with E-state index in [1.807, 2.05) is 29.0 Å². The summed E-state index contributed by atoms with van der Waals surface area (Å²) in [7, 11) is 1.94. The summed E-state index contributed by atoms with van der Waals surface area (Å²) in [5, 5.41) is 0. The van der Waals surface area contributed by atoms with Crippen molar-refractivity contribution in [2.24, 2.45) is 16.7 Å². The SMILES string of the molecule is CC(C)CN1CC2(CCN(C(=O)c3ccc[nH]3)CC2)C2(CCN(C)C2=O)C1. The summed E-state index contributed by atoms with van der Waals surface area (Å²) < 4.78 is 0. The number of fused-ring (bicyclic) bond motifs is 1. The highest BCUT2D eigenvalue weighted by Gasteiger charge is 2.64. The van der Waals surface area contributed by atoms with Crippen LogP contribution in [0.4, 0.5) is 0 Å². The highest BCUT2D eigenvalue weighted by atomic mass is 16.2. The number of hydrogen-bond acceptors (Lipinski definition) is 3. The first-order valence-corrected chi connectivity index (χ1v) is 10.3. The van der Waals surface area contributed by atoms with Gasteiger partial charge in [-0.05, 0) is 37.3 Å². The first kappa shape index (κ1) is 18.5. The number of hydrogen-bond donors (Lipinski definition) is 1. The summed E-state index contributed by atoms with van der Waals surface area (Å²) >= 11 is 0. The van der Waals surface area contributed by atoms with Crippen LogP contribution in [0, 0.1) is 16.7 Å². The van der Waals surface area contributed by atoms with Crippen molar-refractivity contribution in [3.8, 4) is 0 Å². The molecule has 1 unspecified atom stereocenters. The van der Waals surface area contributed by atoms with Gasteiger partial charge in [0, 0.05) is 57.9 Å². The Labute approximate surface area is 161 Å². The first-order valence-electron chi connectivity index (χ1n) is 10.3. The zero-order chi connectivity index (χ0) is 19.2. The van der Waals surface area contributed by atoms with Gasteiger partial charge in [0.05, 0.1) is 5.41 Å². The zero-order valence-electron chi connectivity index (χ0n) is 16.8. The van der Waals surface area contributed by atoms with Gasteiger partial charge in [-0.3, -0.25) is 9.59 Å². The van der Waals surface area contributed by atoms with Crippen LogP contribution in [0.25, 0.3) is 0 Å². The molecule has 4 rings (SSSR count). The Hall–Kier alpha value is -1.82. The van der Waals surface area contributed by atoms with Crippen molar-refractivity contribution in [1.82, 2.24) is 19.7 Å². The maximum absolute atomic E-state index is 13.2. The van der Waals surface area contributed by atoms with E-state index in [0.717, 1.165) is 58.5 Å². The molecule has 1 atom stereocenters. The molecule has 6 heteroatoms. The summed E-state index contributed by atoms with van der Waals surface area (Å²) in [6.45, 7) is 9.77. The van der Waals surface area contributed by atoms with Crippen molar-refractivity contribution in [3.05, 3.63) is 24.0 Å². The molecule has 0 aliphatic carbocycles. The number of piperidine rings is 1. The molecule has 0 radical (unpaired) electrons. The van der Waals surface area contributed by atoms with Gasteiger partial charge in [-0.1, -0.05) is 13.8 Å². The third-order valence-electron chi connectivity index (χ3n) is 7.12. The van der Waals surface area contributed by atoms with Gasteiger partial charge >= 0.3 is 0 Å². The summed E-state index contributed by atoms with van der Waals surface area (Å²) in [5.41, 5.74) is 0.416. The van der Waals surface area contributed by atoms with Gasteiger partial charge in [0.2, 0.25) is 5.91 Å². The van der Waals surface area contributed by atoms with E-state index in [2.05, 4.69) is 23.7 Å². The van der Waals surface area contributed by atoms with Crippen molar-refractivity contribution in [2.75, 3.05) is 46.3 Å². The predicted octanol–water partition coefficient (Wildman–Crippen LogP) is 2.06. The minimum Gasteiger partial charge on any atom is -0.357 e. The molecular weight excluding hydrogens is 340 g/mol. The molecule has 1 aromatic heterocycles. The van der Waals surface area contributed by atoms with Gasteiger partial charge in [-0.25, -0.2) is 0 Å². The number of carbonyl (C=O) groups is 2. The van der Waals surface area contributed by atoms with E-state index in [9.17, 15) is 9.59 Å². The number of aromatic nitrogens is 1. The molecule has 3 fully saturated rings. The minimum atomic E-state index is -0.252. The van der Waals surface area contributed by atoms with E-state index >= 15 is 0 Å². The summed E-state index contributed by atoms with van der Waals surface area (Å²) in [6, 6.07) is 3.70. The number of H-pyrrole nitrogens is 1. The smallest absolute Gasteiger partial charge is 0.270 e.